The van der Waals surface area contributed by atoms with Crippen LogP contribution in [0, 0.1) is 11.3 Å². The molecule has 6 nitrogen and oxygen atoms in total. The van der Waals surface area contributed by atoms with E-state index in [-0.39, 0.29) is 18.5 Å². The van der Waals surface area contributed by atoms with Gasteiger partial charge in [-0.3, -0.25) is 14.5 Å². The van der Waals surface area contributed by atoms with Crippen LogP contribution in [0.15, 0.2) is 0 Å². The summed E-state index contributed by atoms with van der Waals surface area (Å²) in [6.45, 7) is 4.06. The van der Waals surface area contributed by atoms with E-state index in [0.717, 1.165) is 0 Å². The van der Waals surface area contributed by atoms with Crippen molar-refractivity contribution in [1.82, 2.24) is 4.90 Å². The minimum Gasteiger partial charge on any atom is -0.465 e. The van der Waals surface area contributed by atoms with Crippen LogP contribution in [0.2, 0.25) is 0 Å². The lowest BCUT2D eigenvalue weighted by molar-refractivity contribution is -0.153. The van der Waals surface area contributed by atoms with Gasteiger partial charge in [0.25, 0.3) is 0 Å². The van der Waals surface area contributed by atoms with Gasteiger partial charge in [-0.2, -0.15) is 5.26 Å². The van der Waals surface area contributed by atoms with Crippen molar-refractivity contribution in [2.45, 2.75) is 38.8 Å². The smallest absolute Gasteiger partial charge is 0.323 e. The molecular weight excluding hydrogens is 236 g/mol. The fraction of sp³-hybridized carbons (Fsp3) is 0.750. The summed E-state index contributed by atoms with van der Waals surface area (Å²) in [6, 6.07) is 0.944. The molecule has 0 unspecified atom stereocenters. The molecule has 18 heavy (non-hydrogen) atoms. The van der Waals surface area contributed by atoms with E-state index in [0.29, 0.717) is 26.1 Å². The SMILES string of the molecule is CCOC(=O)[C@H]1CC[C@@H](C(=O)OCC)N1CC#N. The van der Waals surface area contributed by atoms with Crippen LogP contribution in [0.3, 0.4) is 0 Å². The molecule has 0 aliphatic carbocycles. The summed E-state index contributed by atoms with van der Waals surface area (Å²) in [5, 5.41) is 8.79. The predicted molar refractivity (Wildman–Crippen MR) is 62.4 cm³/mol. The van der Waals surface area contributed by atoms with Gasteiger partial charge in [0.15, 0.2) is 0 Å². The minimum absolute atomic E-state index is 0.0208. The highest BCUT2D eigenvalue weighted by Crippen LogP contribution is 2.25. The largest absolute Gasteiger partial charge is 0.465 e. The van der Waals surface area contributed by atoms with E-state index in [1.807, 2.05) is 6.07 Å². The van der Waals surface area contributed by atoms with Crippen LogP contribution >= 0.6 is 0 Å². The Morgan fingerprint density at radius 2 is 1.61 bits per heavy atom. The van der Waals surface area contributed by atoms with E-state index in [2.05, 4.69) is 0 Å². The van der Waals surface area contributed by atoms with Gasteiger partial charge in [0.1, 0.15) is 12.1 Å². The molecule has 0 N–H and O–H groups in total. The number of carbonyl (C=O) groups excluding carboxylic acids is 2. The van der Waals surface area contributed by atoms with Crippen molar-refractivity contribution in [3.63, 3.8) is 0 Å². The number of ether oxygens (including phenoxy) is 2. The van der Waals surface area contributed by atoms with Gasteiger partial charge in [-0.25, -0.2) is 0 Å². The first-order valence-corrected chi connectivity index (χ1v) is 6.11. The fourth-order valence-electron chi connectivity index (χ4n) is 2.15. The second-order valence-electron chi connectivity index (χ2n) is 3.94. The van der Waals surface area contributed by atoms with Crippen molar-refractivity contribution in [2.24, 2.45) is 0 Å². The Bertz CT molecular complexity index is 324. The highest BCUT2D eigenvalue weighted by molar-refractivity contribution is 5.81. The molecule has 0 bridgehead atoms. The number of hydrogen-bond donors (Lipinski definition) is 0. The van der Waals surface area contributed by atoms with Gasteiger partial charge in [-0.1, -0.05) is 0 Å². The molecule has 0 radical (unpaired) electrons. The Hall–Kier alpha value is -1.61. The molecule has 1 aliphatic rings. The second-order valence-corrected chi connectivity index (χ2v) is 3.94. The molecule has 0 aromatic rings. The van der Waals surface area contributed by atoms with E-state index in [9.17, 15) is 9.59 Å². The first-order chi connectivity index (χ1) is 8.65. The van der Waals surface area contributed by atoms with Gasteiger partial charge in [0.2, 0.25) is 0 Å². The van der Waals surface area contributed by atoms with Crippen LogP contribution in [0.1, 0.15) is 26.7 Å². The third kappa shape index (κ3) is 3.20. The molecule has 1 fully saturated rings. The zero-order chi connectivity index (χ0) is 13.5. The molecule has 0 aromatic carbocycles. The third-order valence-corrected chi connectivity index (χ3v) is 2.88. The van der Waals surface area contributed by atoms with E-state index < -0.39 is 12.1 Å². The molecule has 1 rings (SSSR count). The number of rotatable bonds is 5. The lowest BCUT2D eigenvalue weighted by atomic mass is 10.2. The van der Waals surface area contributed by atoms with Crippen molar-refractivity contribution in [3.05, 3.63) is 0 Å². The van der Waals surface area contributed by atoms with Gasteiger partial charge < -0.3 is 9.47 Å². The van der Waals surface area contributed by atoms with Gasteiger partial charge in [-0.15, -0.1) is 0 Å². The zero-order valence-electron chi connectivity index (χ0n) is 10.7. The highest BCUT2D eigenvalue weighted by Gasteiger charge is 2.42. The normalized spacial score (nSPS) is 23.4. The van der Waals surface area contributed by atoms with Crippen molar-refractivity contribution >= 4 is 11.9 Å². The number of nitrogens with zero attached hydrogens (tertiary/aromatic N) is 2. The molecular formula is C12H18N2O4. The van der Waals surface area contributed by atoms with Crippen LogP contribution in [0.25, 0.3) is 0 Å². The highest BCUT2D eigenvalue weighted by atomic mass is 16.5. The van der Waals surface area contributed by atoms with Gasteiger partial charge in [-0.05, 0) is 26.7 Å². The summed E-state index contributed by atoms with van der Waals surface area (Å²) >= 11 is 0. The van der Waals surface area contributed by atoms with E-state index in [1.165, 1.54) is 0 Å². The number of nitriles is 1. The zero-order valence-corrected chi connectivity index (χ0v) is 10.7. The van der Waals surface area contributed by atoms with Crippen molar-refractivity contribution in [1.29, 1.82) is 5.26 Å². The van der Waals surface area contributed by atoms with Crippen LogP contribution in [0.4, 0.5) is 0 Å². The Balaban J connectivity index is 2.75. The van der Waals surface area contributed by atoms with Gasteiger partial charge >= 0.3 is 11.9 Å². The van der Waals surface area contributed by atoms with E-state index in [1.54, 1.807) is 18.7 Å². The topological polar surface area (TPSA) is 79.6 Å². The second kappa shape index (κ2) is 6.97. The molecule has 0 aromatic heterocycles. The Morgan fingerprint density at radius 1 is 1.17 bits per heavy atom. The standard InChI is InChI=1S/C12H18N2O4/c1-3-17-11(15)9-5-6-10(12(16)18-4-2)14(9)8-7-13/h9-10H,3-6,8H2,1-2H3/t9-,10+. The predicted octanol–water partition coefficient (Wildman–Crippen LogP) is 0.469. The molecule has 6 heteroatoms. The van der Waals surface area contributed by atoms with Crippen LogP contribution in [-0.2, 0) is 19.1 Å². The number of esters is 2. The molecule has 1 aliphatic heterocycles. The summed E-state index contributed by atoms with van der Waals surface area (Å²) in [7, 11) is 0. The maximum Gasteiger partial charge on any atom is 0.323 e. The Kier molecular flexibility index (Phi) is 5.59. The molecule has 100 valence electrons. The first-order valence-electron chi connectivity index (χ1n) is 6.11. The van der Waals surface area contributed by atoms with E-state index >= 15 is 0 Å². The number of likely N-dealkylation sites (tertiary alicyclic amines) is 1. The quantitative estimate of drug-likeness (QED) is 0.524. The maximum atomic E-state index is 11.7. The average Bonchev–Trinajstić information content (AvgIpc) is 2.74. The van der Waals surface area contributed by atoms with Crippen LogP contribution in [-0.4, -0.2) is 48.7 Å². The summed E-state index contributed by atoms with van der Waals surface area (Å²) in [4.78, 5) is 25.0. The molecule has 2 atom stereocenters. The van der Waals surface area contributed by atoms with Crippen LogP contribution < -0.4 is 0 Å². The molecule has 0 amide bonds. The van der Waals surface area contributed by atoms with Crippen molar-refractivity contribution in [2.75, 3.05) is 19.8 Å². The lowest BCUT2D eigenvalue weighted by Crippen LogP contribution is -2.45. The monoisotopic (exact) mass is 254 g/mol. The first kappa shape index (κ1) is 14.5. The average molecular weight is 254 g/mol. The molecule has 0 spiro atoms. The fourth-order valence-corrected chi connectivity index (χ4v) is 2.15. The third-order valence-electron chi connectivity index (χ3n) is 2.88. The molecule has 1 saturated heterocycles. The van der Waals surface area contributed by atoms with Crippen LogP contribution in [0.5, 0.6) is 0 Å². The Morgan fingerprint density at radius 3 is 1.94 bits per heavy atom. The summed E-state index contributed by atoms with van der Waals surface area (Å²) in [5.41, 5.74) is 0. The molecule has 1 heterocycles. The van der Waals surface area contributed by atoms with Crippen molar-refractivity contribution < 1.29 is 19.1 Å². The summed E-state index contributed by atoms with van der Waals surface area (Å²) < 4.78 is 9.90. The summed E-state index contributed by atoms with van der Waals surface area (Å²) in [5.74, 6) is -0.751. The minimum atomic E-state index is -0.515. The van der Waals surface area contributed by atoms with Gasteiger partial charge in [0, 0.05) is 0 Å². The molecule has 0 saturated carbocycles. The Labute approximate surface area is 106 Å². The number of carbonyl (C=O) groups is 2. The lowest BCUT2D eigenvalue weighted by Gasteiger charge is -2.24. The number of hydrogen-bond acceptors (Lipinski definition) is 6. The van der Waals surface area contributed by atoms with Gasteiger partial charge in [0.05, 0.1) is 25.8 Å². The summed E-state index contributed by atoms with van der Waals surface area (Å²) in [6.07, 6.45) is 1.04. The maximum absolute atomic E-state index is 11.7. The van der Waals surface area contributed by atoms with E-state index in [4.69, 9.17) is 14.7 Å². The van der Waals surface area contributed by atoms with Crippen molar-refractivity contribution in [3.8, 4) is 6.07 Å².